The van der Waals surface area contributed by atoms with Gasteiger partial charge in [0.2, 0.25) is 5.88 Å². The summed E-state index contributed by atoms with van der Waals surface area (Å²) >= 11 is 5.67. The van der Waals surface area contributed by atoms with Crippen LogP contribution in [0, 0.1) is 5.92 Å². The van der Waals surface area contributed by atoms with Gasteiger partial charge in [-0.15, -0.1) is 11.6 Å². The van der Waals surface area contributed by atoms with Crippen molar-refractivity contribution in [3.63, 3.8) is 0 Å². The minimum absolute atomic E-state index is 0.404. The maximum absolute atomic E-state index is 5.67. The van der Waals surface area contributed by atoms with E-state index in [2.05, 4.69) is 18.8 Å². The lowest BCUT2D eigenvalue weighted by molar-refractivity contribution is 0.0806. The molecule has 4 heteroatoms. The first-order chi connectivity index (χ1) is 7.72. The standard InChI is InChI=1S/C12H18ClNO2/c1-10(2)9-15-6-7-16-12-5-3-4-11(8-13)14-12/h3-5,10H,6-9H2,1-2H3. The number of rotatable bonds is 7. The third kappa shape index (κ3) is 5.33. The van der Waals surface area contributed by atoms with E-state index in [1.807, 2.05) is 18.2 Å². The van der Waals surface area contributed by atoms with Crippen molar-refractivity contribution in [1.29, 1.82) is 0 Å². The van der Waals surface area contributed by atoms with Crippen LogP contribution >= 0.6 is 11.6 Å². The second kappa shape index (κ2) is 7.47. The van der Waals surface area contributed by atoms with E-state index in [0.717, 1.165) is 12.3 Å². The molecule has 1 heterocycles. The quantitative estimate of drug-likeness (QED) is 0.545. The fourth-order valence-electron chi connectivity index (χ4n) is 1.14. The molecule has 90 valence electrons. The molecule has 16 heavy (non-hydrogen) atoms. The molecule has 3 nitrogen and oxygen atoms in total. The smallest absolute Gasteiger partial charge is 0.213 e. The monoisotopic (exact) mass is 243 g/mol. The Morgan fingerprint density at radius 2 is 2.12 bits per heavy atom. The number of aromatic nitrogens is 1. The Kier molecular flexibility index (Phi) is 6.19. The van der Waals surface area contributed by atoms with Crippen LogP contribution in [-0.4, -0.2) is 24.8 Å². The molecule has 0 saturated heterocycles. The van der Waals surface area contributed by atoms with Gasteiger partial charge in [-0.2, -0.15) is 0 Å². The fraction of sp³-hybridized carbons (Fsp3) is 0.583. The van der Waals surface area contributed by atoms with E-state index in [4.69, 9.17) is 21.1 Å². The Bertz CT molecular complexity index is 305. The van der Waals surface area contributed by atoms with Gasteiger partial charge in [-0.25, -0.2) is 4.98 Å². The van der Waals surface area contributed by atoms with Crippen LogP contribution in [0.25, 0.3) is 0 Å². The van der Waals surface area contributed by atoms with Crippen molar-refractivity contribution in [2.75, 3.05) is 19.8 Å². The average molecular weight is 244 g/mol. The maximum Gasteiger partial charge on any atom is 0.213 e. The van der Waals surface area contributed by atoms with E-state index in [1.54, 1.807) is 0 Å². The van der Waals surface area contributed by atoms with E-state index in [-0.39, 0.29) is 0 Å². The van der Waals surface area contributed by atoms with Crippen LogP contribution in [0.2, 0.25) is 0 Å². The minimum Gasteiger partial charge on any atom is -0.475 e. The first-order valence-corrected chi connectivity index (χ1v) is 5.98. The van der Waals surface area contributed by atoms with Gasteiger partial charge in [-0.05, 0) is 12.0 Å². The van der Waals surface area contributed by atoms with Crippen molar-refractivity contribution < 1.29 is 9.47 Å². The summed E-state index contributed by atoms with van der Waals surface area (Å²) in [6.07, 6.45) is 0. The first-order valence-electron chi connectivity index (χ1n) is 5.45. The molecular formula is C12H18ClNO2. The summed E-state index contributed by atoms with van der Waals surface area (Å²) in [5.41, 5.74) is 0.822. The molecule has 0 aromatic carbocycles. The summed E-state index contributed by atoms with van der Waals surface area (Å²) < 4.78 is 10.8. The van der Waals surface area contributed by atoms with Crippen LogP contribution in [0.5, 0.6) is 5.88 Å². The lowest BCUT2D eigenvalue weighted by atomic mass is 10.2. The van der Waals surface area contributed by atoms with Gasteiger partial charge in [0.05, 0.1) is 18.2 Å². The summed E-state index contributed by atoms with van der Waals surface area (Å²) in [5, 5.41) is 0. The molecule has 0 radical (unpaired) electrons. The van der Waals surface area contributed by atoms with Gasteiger partial charge in [0.25, 0.3) is 0 Å². The number of hydrogen-bond donors (Lipinski definition) is 0. The summed E-state index contributed by atoms with van der Waals surface area (Å²) in [6.45, 7) is 6.10. The third-order valence-corrected chi connectivity index (χ3v) is 2.12. The molecule has 1 aromatic heterocycles. The van der Waals surface area contributed by atoms with E-state index in [1.165, 1.54) is 0 Å². The van der Waals surface area contributed by atoms with E-state index in [0.29, 0.717) is 30.9 Å². The molecule has 1 aromatic rings. The molecule has 1 rings (SSSR count). The van der Waals surface area contributed by atoms with Crippen molar-refractivity contribution in [3.05, 3.63) is 23.9 Å². The minimum atomic E-state index is 0.404. The van der Waals surface area contributed by atoms with Crippen LogP contribution in [0.4, 0.5) is 0 Å². The highest BCUT2D eigenvalue weighted by Crippen LogP contribution is 2.09. The normalized spacial score (nSPS) is 10.8. The Morgan fingerprint density at radius 1 is 1.31 bits per heavy atom. The number of pyridine rings is 1. The SMILES string of the molecule is CC(C)COCCOc1cccc(CCl)n1. The molecule has 0 aliphatic heterocycles. The van der Waals surface area contributed by atoms with Gasteiger partial charge in [-0.3, -0.25) is 0 Å². The van der Waals surface area contributed by atoms with E-state index < -0.39 is 0 Å². The number of halogens is 1. The number of hydrogen-bond acceptors (Lipinski definition) is 3. The molecule has 0 fully saturated rings. The molecule has 0 spiro atoms. The molecule has 0 aliphatic carbocycles. The summed E-state index contributed by atoms with van der Waals surface area (Å²) in [7, 11) is 0. The second-order valence-corrected chi connectivity index (χ2v) is 4.19. The Labute approximate surface area is 102 Å². The van der Waals surface area contributed by atoms with Gasteiger partial charge in [0.15, 0.2) is 0 Å². The van der Waals surface area contributed by atoms with Crippen LogP contribution in [0.1, 0.15) is 19.5 Å². The molecule has 0 amide bonds. The van der Waals surface area contributed by atoms with E-state index >= 15 is 0 Å². The maximum atomic E-state index is 5.67. The second-order valence-electron chi connectivity index (χ2n) is 3.92. The van der Waals surface area contributed by atoms with Crippen molar-refractivity contribution in [3.8, 4) is 5.88 Å². The number of alkyl halides is 1. The average Bonchev–Trinajstić information content (AvgIpc) is 2.28. The predicted molar refractivity (Wildman–Crippen MR) is 64.9 cm³/mol. The van der Waals surface area contributed by atoms with Crippen molar-refractivity contribution in [1.82, 2.24) is 4.98 Å². The Hall–Kier alpha value is -0.800. The molecule has 0 N–H and O–H groups in total. The lowest BCUT2D eigenvalue weighted by Crippen LogP contribution is -2.10. The highest BCUT2D eigenvalue weighted by Gasteiger charge is 1.98. The summed E-state index contributed by atoms with van der Waals surface area (Å²) in [4.78, 5) is 4.21. The molecule has 0 atom stereocenters. The zero-order valence-electron chi connectivity index (χ0n) is 9.78. The summed E-state index contributed by atoms with van der Waals surface area (Å²) in [5.74, 6) is 1.56. The molecule has 0 saturated carbocycles. The largest absolute Gasteiger partial charge is 0.475 e. The topological polar surface area (TPSA) is 31.4 Å². The van der Waals surface area contributed by atoms with Crippen LogP contribution in [-0.2, 0) is 10.6 Å². The molecular weight excluding hydrogens is 226 g/mol. The van der Waals surface area contributed by atoms with Gasteiger partial charge in [0, 0.05) is 12.7 Å². The molecule has 0 bridgehead atoms. The van der Waals surface area contributed by atoms with Gasteiger partial charge < -0.3 is 9.47 Å². The first kappa shape index (κ1) is 13.3. The zero-order valence-corrected chi connectivity index (χ0v) is 10.5. The van der Waals surface area contributed by atoms with Crippen molar-refractivity contribution in [2.24, 2.45) is 5.92 Å². The lowest BCUT2D eigenvalue weighted by Gasteiger charge is -2.08. The Morgan fingerprint density at radius 3 is 2.81 bits per heavy atom. The number of ether oxygens (including phenoxy) is 2. The number of nitrogens with zero attached hydrogens (tertiary/aromatic N) is 1. The highest BCUT2D eigenvalue weighted by atomic mass is 35.5. The van der Waals surface area contributed by atoms with Gasteiger partial charge in [0.1, 0.15) is 6.61 Å². The Balaban J connectivity index is 2.21. The van der Waals surface area contributed by atoms with E-state index in [9.17, 15) is 0 Å². The van der Waals surface area contributed by atoms with Crippen molar-refractivity contribution in [2.45, 2.75) is 19.7 Å². The zero-order chi connectivity index (χ0) is 11.8. The summed E-state index contributed by atoms with van der Waals surface area (Å²) in [6, 6.07) is 5.57. The van der Waals surface area contributed by atoms with Crippen molar-refractivity contribution >= 4 is 11.6 Å². The molecule has 0 unspecified atom stereocenters. The fourth-order valence-corrected chi connectivity index (χ4v) is 1.29. The molecule has 0 aliphatic rings. The third-order valence-electron chi connectivity index (χ3n) is 1.85. The van der Waals surface area contributed by atoms with Crippen LogP contribution in [0.15, 0.2) is 18.2 Å². The predicted octanol–water partition coefficient (Wildman–Crippen LogP) is 2.87. The van der Waals surface area contributed by atoms with Gasteiger partial charge >= 0.3 is 0 Å². The van der Waals surface area contributed by atoms with Crippen LogP contribution in [0.3, 0.4) is 0 Å². The highest BCUT2D eigenvalue weighted by molar-refractivity contribution is 6.16. The van der Waals surface area contributed by atoms with Crippen LogP contribution < -0.4 is 4.74 Å². The van der Waals surface area contributed by atoms with Gasteiger partial charge in [-0.1, -0.05) is 19.9 Å².